The maximum Gasteiger partial charge on any atom is 0.224 e. The lowest BCUT2D eigenvalue weighted by Crippen LogP contribution is -2.29. The Morgan fingerprint density at radius 1 is 0.784 bits per heavy atom. The van der Waals surface area contributed by atoms with Crippen molar-refractivity contribution in [1.82, 2.24) is 4.40 Å². The molecule has 0 spiro atoms. The lowest BCUT2D eigenvalue weighted by atomic mass is 9.83. The molecule has 0 fully saturated rings. The van der Waals surface area contributed by atoms with Gasteiger partial charge < -0.3 is 9.30 Å². The highest BCUT2D eigenvalue weighted by atomic mass is 15.1. The molecule has 0 radical (unpaired) electrons. The SMILES string of the molecule is Cc1c2ccccc2c(CC(C)(C)C)c2c1c1c3c(ccc4c5c(N(C)C)cccc5n2c43)cc[n+]1C. The molecule has 0 atom stereocenters. The molecule has 0 aliphatic heterocycles. The van der Waals surface area contributed by atoms with Crippen molar-refractivity contribution >= 4 is 65.5 Å². The molecule has 7 aromatic rings. The summed E-state index contributed by atoms with van der Waals surface area (Å²) >= 11 is 0. The third-order valence-electron chi connectivity index (χ3n) is 8.23. The summed E-state index contributed by atoms with van der Waals surface area (Å²) in [6.07, 6.45) is 3.24. The van der Waals surface area contributed by atoms with E-state index in [-0.39, 0.29) is 5.41 Å². The van der Waals surface area contributed by atoms with Crippen LogP contribution in [0.1, 0.15) is 31.9 Å². The number of fused-ring (bicyclic) bond motifs is 7. The summed E-state index contributed by atoms with van der Waals surface area (Å²) < 4.78 is 4.96. The van der Waals surface area contributed by atoms with Crippen LogP contribution in [0.4, 0.5) is 5.69 Å². The molecule has 3 aromatic heterocycles. The van der Waals surface area contributed by atoms with Crippen LogP contribution in [0.25, 0.3) is 59.8 Å². The van der Waals surface area contributed by atoms with Gasteiger partial charge in [-0.3, -0.25) is 0 Å². The molecule has 0 amide bonds. The molecule has 3 nitrogen and oxygen atoms in total. The van der Waals surface area contributed by atoms with Crippen LogP contribution >= 0.6 is 0 Å². The Kier molecular flexibility index (Phi) is 4.44. The second kappa shape index (κ2) is 7.35. The second-order valence-electron chi connectivity index (χ2n) is 12.2. The van der Waals surface area contributed by atoms with E-state index in [1.54, 1.807) is 0 Å². The van der Waals surface area contributed by atoms with Crippen molar-refractivity contribution < 1.29 is 4.57 Å². The molecule has 3 heteroatoms. The van der Waals surface area contributed by atoms with Gasteiger partial charge in [0.2, 0.25) is 5.52 Å². The zero-order valence-electron chi connectivity index (χ0n) is 22.9. The number of pyridine rings is 2. The van der Waals surface area contributed by atoms with Gasteiger partial charge in [-0.2, -0.15) is 0 Å². The van der Waals surface area contributed by atoms with Gasteiger partial charge in [0, 0.05) is 36.6 Å². The van der Waals surface area contributed by atoms with Crippen LogP contribution in [0.2, 0.25) is 0 Å². The van der Waals surface area contributed by atoms with Crippen LogP contribution in [-0.4, -0.2) is 18.5 Å². The number of aryl methyl sites for hydroxylation is 2. The van der Waals surface area contributed by atoms with Crippen molar-refractivity contribution in [3.05, 3.63) is 78.0 Å². The van der Waals surface area contributed by atoms with E-state index >= 15 is 0 Å². The molecule has 37 heavy (non-hydrogen) atoms. The first-order chi connectivity index (χ1) is 17.7. The van der Waals surface area contributed by atoms with Crippen molar-refractivity contribution in [2.24, 2.45) is 12.5 Å². The molecule has 0 unspecified atom stereocenters. The van der Waals surface area contributed by atoms with E-state index in [0.29, 0.717) is 0 Å². The second-order valence-corrected chi connectivity index (χ2v) is 12.2. The van der Waals surface area contributed by atoms with Crippen molar-refractivity contribution in [2.75, 3.05) is 19.0 Å². The first kappa shape index (κ1) is 22.4. The number of hydrogen-bond acceptors (Lipinski definition) is 1. The van der Waals surface area contributed by atoms with Gasteiger partial charge in [0.25, 0.3) is 0 Å². The van der Waals surface area contributed by atoms with E-state index in [1.165, 1.54) is 76.6 Å². The summed E-state index contributed by atoms with van der Waals surface area (Å²) in [4.78, 5) is 2.25. The maximum atomic E-state index is 2.61. The minimum atomic E-state index is 0.147. The summed E-state index contributed by atoms with van der Waals surface area (Å²) in [5.41, 5.74) is 9.54. The summed E-state index contributed by atoms with van der Waals surface area (Å²) in [5, 5.41) is 9.43. The minimum Gasteiger partial charge on any atom is -0.377 e. The largest absolute Gasteiger partial charge is 0.377 e. The Morgan fingerprint density at radius 2 is 1.54 bits per heavy atom. The topological polar surface area (TPSA) is 11.5 Å². The number of benzene rings is 4. The zero-order chi connectivity index (χ0) is 25.8. The molecule has 0 saturated carbocycles. The molecule has 7 rings (SSSR count). The van der Waals surface area contributed by atoms with Gasteiger partial charge in [-0.25, -0.2) is 4.57 Å². The van der Waals surface area contributed by atoms with Gasteiger partial charge in [-0.15, -0.1) is 0 Å². The molecule has 0 saturated heterocycles. The van der Waals surface area contributed by atoms with Crippen molar-refractivity contribution in [2.45, 2.75) is 34.1 Å². The lowest BCUT2D eigenvalue weighted by molar-refractivity contribution is -0.643. The molecule has 3 heterocycles. The Bertz CT molecular complexity index is 2030. The van der Waals surface area contributed by atoms with Crippen LogP contribution in [0.3, 0.4) is 0 Å². The Hall–Kier alpha value is -3.85. The number of aromatic nitrogens is 2. The highest BCUT2D eigenvalue weighted by molar-refractivity contribution is 6.30. The molecular formula is C34H34N3+. The van der Waals surface area contributed by atoms with E-state index in [9.17, 15) is 0 Å². The van der Waals surface area contributed by atoms with E-state index in [1.807, 2.05) is 0 Å². The van der Waals surface area contributed by atoms with Crippen molar-refractivity contribution in [3.63, 3.8) is 0 Å². The molecular weight excluding hydrogens is 450 g/mol. The Labute approximate surface area is 217 Å². The summed E-state index contributed by atoms with van der Waals surface area (Å²) in [6, 6.07) is 22.7. The maximum absolute atomic E-state index is 2.61. The van der Waals surface area contributed by atoms with Gasteiger partial charge in [-0.1, -0.05) is 63.2 Å². The first-order valence-corrected chi connectivity index (χ1v) is 13.3. The normalized spacial score (nSPS) is 12.8. The van der Waals surface area contributed by atoms with Crippen LogP contribution < -0.4 is 9.47 Å². The fraction of sp³-hybridized carbons (Fsp3) is 0.265. The van der Waals surface area contributed by atoms with Gasteiger partial charge in [0.15, 0.2) is 6.20 Å². The first-order valence-electron chi connectivity index (χ1n) is 13.3. The van der Waals surface area contributed by atoms with Gasteiger partial charge in [-0.05, 0) is 58.2 Å². The fourth-order valence-corrected chi connectivity index (χ4v) is 6.80. The van der Waals surface area contributed by atoms with Gasteiger partial charge in [0.1, 0.15) is 7.05 Å². The third-order valence-corrected chi connectivity index (χ3v) is 8.23. The van der Waals surface area contributed by atoms with E-state index in [2.05, 4.69) is 130 Å². The Balaban J connectivity index is 1.93. The predicted molar refractivity (Wildman–Crippen MR) is 160 cm³/mol. The van der Waals surface area contributed by atoms with Crippen LogP contribution in [-0.2, 0) is 13.5 Å². The third kappa shape index (κ3) is 2.91. The van der Waals surface area contributed by atoms with Gasteiger partial charge in [0.05, 0.1) is 27.3 Å². The fourth-order valence-electron chi connectivity index (χ4n) is 6.80. The van der Waals surface area contributed by atoms with Gasteiger partial charge >= 0.3 is 0 Å². The number of anilines is 1. The lowest BCUT2D eigenvalue weighted by Gasteiger charge is -2.24. The average molecular weight is 485 g/mol. The molecule has 0 aliphatic carbocycles. The molecule has 184 valence electrons. The van der Waals surface area contributed by atoms with Crippen molar-refractivity contribution in [3.8, 4) is 0 Å². The minimum absolute atomic E-state index is 0.147. The molecule has 0 N–H and O–H groups in total. The standard InChI is InChI=1S/C34H34N3/c1-20-22-11-8-9-12-23(22)25(19-34(2,3)4)32-28(20)33-29-21(17-18-36(33)7)15-16-24-30-26(35(5)6)13-10-14-27(30)37(32)31(24)29/h8-18H,19H2,1-7H3/q+1. The average Bonchev–Trinajstić information content (AvgIpc) is 3.20. The highest BCUT2D eigenvalue weighted by Crippen LogP contribution is 2.46. The predicted octanol–water partition coefficient (Wildman–Crippen LogP) is 7.93. The molecule has 0 aliphatic rings. The molecule has 4 aromatic carbocycles. The van der Waals surface area contributed by atoms with E-state index in [0.717, 1.165) is 6.42 Å². The summed E-state index contributed by atoms with van der Waals surface area (Å²) in [7, 11) is 6.51. The summed E-state index contributed by atoms with van der Waals surface area (Å²) in [5.74, 6) is 0. The quantitative estimate of drug-likeness (QED) is 0.138. The van der Waals surface area contributed by atoms with Crippen LogP contribution in [0.15, 0.2) is 66.9 Å². The monoisotopic (exact) mass is 484 g/mol. The number of nitrogens with zero attached hydrogens (tertiary/aromatic N) is 3. The highest BCUT2D eigenvalue weighted by Gasteiger charge is 2.29. The van der Waals surface area contributed by atoms with E-state index < -0.39 is 0 Å². The van der Waals surface area contributed by atoms with Crippen LogP contribution in [0.5, 0.6) is 0 Å². The number of rotatable bonds is 2. The smallest absolute Gasteiger partial charge is 0.224 e. The summed E-state index contributed by atoms with van der Waals surface area (Å²) in [6.45, 7) is 9.40. The van der Waals surface area contributed by atoms with E-state index in [4.69, 9.17) is 0 Å². The zero-order valence-corrected chi connectivity index (χ0v) is 22.9. The van der Waals surface area contributed by atoms with Crippen molar-refractivity contribution in [1.29, 1.82) is 0 Å². The van der Waals surface area contributed by atoms with Crippen LogP contribution in [0, 0.1) is 12.3 Å². The number of hydrogen-bond donors (Lipinski definition) is 0. The molecule has 0 bridgehead atoms. The Morgan fingerprint density at radius 3 is 2.27 bits per heavy atom.